The van der Waals surface area contributed by atoms with E-state index in [2.05, 4.69) is 25.6 Å². The molecule has 0 aliphatic carbocycles. The Labute approximate surface area is 251 Å². The standard InChI is InChI=1S/C30H19FN6O6S/c31-21-14-22-20(13-23(21)34-29(40)24-15-44-30(35-24)19-3-1-2-4-25(19)39)28(32-16-5-7-17(38)8-6-16)36-26(33-22)11-9-18-10-12-27(43-18)37(41)42/h1-15,38-39H,(H,34,40)(H,32,33,36). The number of phenolic OH excluding ortho intramolecular Hbond substituents is 2. The van der Waals surface area contributed by atoms with E-state index in [-0.39, 0.29) is 45.8 Å². The summed E-state index contributed by atoms with van der Waals surface area (Å²) in [7, 11) is 0. The number of carbonyl (C=O) groups is 1. The Morgan fingerprint density at radius 3 is 2.55 bits per heavy atom. The van der Waals surface area contributed by atoms with Crippen LogP contribution in [0.25, 0.3) is 33.6 Å². The second-order valence-electron chi connectivity index (χ2n) is 9.23. The van der Waals surface area contributed by atoms with E-state index in [0.29, 0.717) is 21.6 Å². The third kappa shape index (κ3) is 5.91. The number of nitrogens with one attached hydrogen (secondary N) is 2. The van der Waals surface area contributed by atoms with Crippen LogP contribution in [-0.4, -0.2) is 36.0 Å². The number of halogens is 1. The van der Waals surface area contributed by atoms with Crippen molar-refractivity contribution in [3.63, 3.8) is 0 Å². The van der Waals surface area contributed by atoms with Crippen molar-refractivity contribution < 1.29 is 28.7 Å². The molecule has 4 N–H and O–H groups in total. The average molecular weight is 611 g/mol. The highest BCUT2D eigenvalue weighted by Crippen LogP contribution is 2.33. The quantitative estimate of drug-likeness (QED) is 0.0799. The molecule has 12 nitrogen and oxygen atoms in total. The molecule has 0 aliphatic rings. The van der Waals surface area contributed by atoms with E-state index in [1.165, 1.54) is 53.9 Å². The molecule has 44 heavy (non-hydrogen) atoms. The predicted molar refractivity (Wildman–Crippen MR) is 162 cm³/mol. The van der Waals surface area contributed by atoms with E-state index in [4.69, 9.17) is 4.42 Å². The summed E-state index contributed by atoms with van der Waals surface area (Å²) in [6.07, 6.45) is 2.88. The maximum Gasteiger partial charge on any atom is 0.433 e. The molecule has 3 aromatic carbocycles. The second kappa shape index (κ2) is 11.6. The molecule has 14 heteroatoms. The molecule has 1 amide bonds. The third-order valence-electron chi connectivity index (χ3n) is 6.24. The molecule has 0 bridgehead atoms. The van der Waals surface area contributed by atoms with Gasteiger partial charge in [0.1, 0.15) is 44.5 Å². The number of thiazole rings is 1. The van der Waals surface area contributed by atoms with Crippen LogP contribution < -0.4 is 10.6 Å². The van der Waals surface area contributed by atoms with Crippen LogP contribution in [0.15, 0.2) is 82.6 Å². The van der Waals surface area contributed by atoms with Gasteiger partial charge < -0.3 is 25.3 Å². The Hall–Kier alpha value is -6.15. The van der Waals surface area contributed by atoms with Gasteiger partial charge in [-0.1, -0.05) is 12.1 Å². The van der Waals surface area contributed by atoms with Crippen LogP contribution in [0, 0.1) is 15.9 Å². The number of fused-ring (bicyclic) bond motifs is 1. The van der Waals surface area contributed by atoms with E-state index >= 15 is 4.39 Å². The first-order valence-corrected chi connectivity index (χ1v) is 13.7. The van der Waals surface area contributed by atoms with Crippen molar-refractivity contribution in [2.24, 2.45) is 0 Å². The van der Waals surface area contributed by atoms with Gasteiger partial charge in [-0.15, -0.1) is 11.3 Å². The van der Waals surface area contributed by atoms with Gasteiger partial charge in [-0.05, 0) is 60.7 Å². The number of phenols is 2. The predicted octanol–water partition coefficient (Wildman–Crippen LogP) is 6.97. The molecule has 6 aromatic rings. The lowest BCUT2D eigenvalue weighted by Gasteiger charge is -2.12. The number of nitrogens with zero attached hydrogens (tertiary/aromatic N) is 4. The van der Waals surface area contributed by atoms with E-state index < -0.39 is 22.5 Å². The maximum absolute atomic E-state index is 15.3. The largest absolute Gasteiger partial charge is 0.508 e. The van der Waals surface area contributed by atoms with Crippen LogP contribution in [-0.2, 0) is 0 Å². The van der Waals surface area contributed by atoms with E-state index in [9.17, 15) is 25.1 Å². The summed E-state index contributed by atoms with van der Waals surface area (Å²) in [5.41, 5.74) is 1.09. The lowest BCUT2D eigenvalue weighted by molar-refractivity contribution is -0.402. The fourth-order valence-corrected chi connectivity index (χ4v) is 4.98. The van der Waals surface area contributed by atoms with Gasteiger partial charge in [-0.3, -0.25) is 14.9 Å². The highest BCUT2D eigenvalue weighted by atomic mass is 32.1. The summed E-state index contributed by atoms with van der Waals surface area (Å²) in [5.74, 6) is -1.23. The number of benzene rings is 3. The minimum atomic E-state index is -0.770. The number of hydrogen-bond donors (Lipinski definition) is 4. The smallest absolute Gasteiger partial charge is 0.433 e. The van der Waals surface area contributed by atoms with Gasteiger partial charge in [-0.25, -0.2) is 19.3 Å². The van der Waals surface area contributed by atoms with Crippen LogP contribution in [0.2, 0.25) is 0 Å². The number of anilines is 3. The van der Waals surface area contributed by atoms with Gasteiger partial charge in [0, 0.05) is 22.5 Å². The lowest BCUT2D eigenvalue weighted by Crippen LogP contribution is -2.13. The summed E-state index contributed by atoms with van der Waals surface area (Å²) in [6, 6.07) is 17.9. The zero-order valence-electron chi connectivity index (χ0n) is 22.3. The van der Waals surface area contributed by atoms with Gasteiger partial charge in [0.25, 0.3) is 5.91 Å². The number of carbonyl (C=O) groups excluding carboxylic acids is 1. The molecule has 0 aliphatic heterocycles. The van der Waals surface area contributed by atoms with Crippen LogP contribution in [0.1, 0.15) is 22.1 Å². The fourth-order valence-electron chi connectivity index (χ4n) is 4.14. The molecular formula is C30H19FN6O6S. The highest BCUT2D eigenvalue weighted by Gasteiger charge is 2.18. The second-order valence-corrected chi connectivity index (χ2v) is 10.1. The summed E-state index contributed by atoms with van der Waals surface area (Å²) >= 11 is 1.15. The first-order chi connectivity index (χ1) is 21.2. The van der Waals surface area contributed by atoms with Crippen LogP contribution in [0.5, 0.6) is 11.5 Å². The molecule has 0 spiro atoms. The van der Waals surface area contributed by atoms with Crippen molar-refractivity contribution >= 4 is 63.4 Å². The summed E-state index contributed by atoms with van der Waals surface area (Å²) < 4.78 is 20.4. The molecule has 0 atom stereocenters. The van der Waals surface area contributed by atoms with Gasteiger partial charge in [0.15, 0.2) is 5.82 Å². The Bertz CT molecular complexity index is 2070. The van der Waals surface area contributed by atoms with Gasteiger partial charge >= 0.3 is 5.88 Å². The first kappa shape index (κ1) is 28.0. The van der Waals surface area contributed by atoms with Crippen LogP contribution in [0.4, 0.5) is 27.5 Å². The molecule has 6 rings (SSSR count). The SMILES string of the molecule is O=C(Nc1cc2c(Nc3ccc(O)cc3)nc(C=Cc3ccc([N+](=O)[O-])o3)nc2cc1F)c1csc(-c2ccccc2O)n1. The number of hydrogen-bond acceptors (Lipinski definition) is 11. The third-order valence-corrected chi connectivity index (χ3v) is 7.12. The normalized spacial score (nSPS) is 11.2. The van der Waals surface area contributed by atoms with Crippen molar-refractivity contribution in [3.8, 4) is 22.1 Å². The van der Waals surface area contributed by atoms with Crippen molar-refractivity contribution in [3.05, 3.63) is 111 Å². The van der Waals surface area contributed by atoms with Gasteiger partial charge in [0.2, 0.25) is 0 Å². The van der Waals surface area contributed by atoms with E-state index in [1.807, 2.05) is 0 Å². The molecule has 0 fully saturated rings. The molecule has 218 valence electrons. The molecule has 0 radical (unpaired) electrons. The van der Waals surface area contributed by atoms with Crippen LogP contribution >= 0.6 is 11.3 Å². The molecule has 3 aromatic heterocycles. The zero-order chi connectivity index (χ0) is 30.8. The fraction of sp³-hybridized carbons (Fsp3) is 0. The zero-order valence-corrected chi connectivity index (χ0v) is 23.1. The Morgan fingerprint density at radius 1 is 1.00 bits per heavy atom. The minimum Gasteiger partial charge on any atom is -0.508 e. The molecule has 0 saturated carbocycles. The minimum absolute atomic E-state index is 0.0164. The van der Waals surface area contributed by atoms with Gasteiger partial charge in [-0.2, -0.15) is 0 Å². The van der Waals surface area contributed by atoms with Crippen molar-refractivity contribution in [2.45, 2.75) is 0 Å². The first-order valence-electron chi connectivity index (χ1n) is 12.8. The van der Waals surface area contributed by atoms with Crippen molar-refractivity contribution in [2.75, 3.05) is 10.6 Å². The molecular weight excluding hydrogens is 591 g/mol. The summed E-state index contributed by atoms with van der Waals surface area (Å²) in [4.78, 5) is 36.5. The Balaban J connectivity index is 1.34. The Morgan fingerprint density at radius 2 is 1.80 bits per heavy atom. The number of nitro groups is 1. The van der Waals surface area contributed by atoms with E-state index in [1.54, 1.807) is 30.3 Å². The number of para-hydroxylation sites is 1. The Kier molecular flexibility index (Phi) is 7.39. The monoisotopic (exact) mass is 610 g/mol. The maximum atomic E-state index is 15.3. The number of amides is 1. The van der Waals surface area contributed by atoms with Crippen molar-refractivity contribution in [1.82, 2.24) is 15.0 Å². The van der Waals surface area contributed by atoms with Gasteiger partial charge in [0.05, 0.1) is 22.8 Å². The highest BCUT2D eigenvalue weighted by molar-refractivity contribution is 7.13. The molecule has 3 heterocycles. The summed E-state index contributed by atoms with van der Waals surface area (Å²) in [5, 5.41) is 38.6. The average Bonchev–Trinajstić information content (AvgIpc) is 3.69. The van der Waals surface area contributed by atoms with Crippen LogP contribution in [0.3, 0.4) is 0 Å². The van der Waals surface area contributed by atoms with E-state index in [0.717, 1.165) is 17.4 Å². The topological polar surface area (TPSA) is 177 Å². The number of aromatic hydroxyl groups is 2. The summed E-state index contributed by atoms with van der Waals surface area (Å²) in [6.45, 7) is 0. The number of furan rings is 1. The number of aromatic nitrogens is 3. The van der Waals surface area contributed by atoms with Crippen molar-refractivity contribution in [1.29, 1.82) is 0 Å². The molecule has 0 saturated heterocycles. The number of rotatable bonds is 8. The lowest BCUT2D eigenvalue weighted by atomic mass is 10.1. The molecule has 0 unspecified atom stereocenters.